The predicted octanol–water partition coefficient (Wildman–Crippen LogP) is 2.92. The zero-order valence-corrected chi connectivity index (χ0v) is 19.8. The highest BCUT2D eigenvalue weighted by molar-refractivity contribution is 7.89. The second-order valence-electron chi connectivity index (χ2n) is 8.18. The summed E-state index contributed by atoms with van der Waals surface area (Å²) in [5.74, 6) is 1.92. The lowest BCUT2D eigenvalue weighted by Gasteiger charge is -2.33. The van der Waals surface area contributed by atoms with Crippen LogP contribution in [0.1, 0.15) is 25.3 Å². The van der Waals surface area contributed by atoms with Gasteiger partial charge in [0.15, 0.2) is 11.5 Å². The zero-order valence-electron chi connectivity index (χ0n) is 19.0. The lowest BCUT2D eigenvalue weighted by molar-refractivity contribution is -0.137. The molecule has 0 radical (unpaired) electrons. The molecule has 2 aromatic carbocycles. The van der Waals surface area contributed by atoms with E-state index in [2.05, 4.69) is 0 Å². The number of hydrogen-bond acceptors (Lipinski definition) is 6. The Balaban J connectivity index is 1.37. The van der Waals surface area contributed by atoms with Crippen LogP contribution in [-0.4, -0.2) is 63.5 Å². The summed E-state index contributed by atoms with van der Waals surface area (Å²) in [6.07, 6.45) is 1.01. The Bertz CT molecular complexity index is 1080. The highest BCUT2D eigenvalue weighted by Gasteiger charge is 2.33. The SMILES string of the molecule is CCN(Cc1ccc2c(c1)OCCO2)C(=O)C1CCN(S(=O)(=O)c2ccc(OC)cc2)CC1. The quantitative estimate of drug-likeness (QED) is 0.614. The van der Waals surface area contributed by atoms with Crippen LogP contribution in [0.3, 0.4) is 0 Å². The number of ether oxygens (including phenoxy) is 3. The molecule has 2 heterocycles. The van der Waals surface area contributed by atoms with Crippen LogP contribution in [0, 0.1) is 5.92 Å². The molecule has 0 aromatic heterocycles. The van der Waals surface area contributed by atoms with Crippen molar-refractivity contribution < 1.29 is 27.4 Å². The molecule has 0 aliphatic carbocycles. The summed E-state index contributed by atoms with van der Waals surface area (Å²) in [5, 5.41) is 0. The number of piperidine rings is 1. The molecule has 33 heavy (non-hydrogen) atoms. The highest BCUT2D eigenvalue weighted by Crippen LogP contribution is 2.32. The Morgan fingerprint density at radius 1 is 1.06 bits per heavy atom. The van der Waals surface area contributed by atoms with Crippen molar-refractivity contribution in [3.63, 3.8) is 0 Å². The topological polar surface area (TPSA) is 85.4 Å². The number of methoxy groups -OCH3 is 1. The fourth-order valence-corrected chi connectivity index (χ4v) is 5.72. The molecule has 2 aliphatic rings. The standard InChI is InChI=1S/C24H30N2O6S/c1-3-25(17-18-4-9-22-23(16-18)32-15-14-31-22)24(27)19-10-12-26(13-11-19)33(28,29)21-7-5-20(30-2)6-8-21/h4-9,16,19H,3,10-15,17H2,1-2H3. The smallest absolute Gasteiger partial charge is 0.243 e. The minimum atomic E-state index is -3.59. The van der Waals surface area contributed by atoms with Gasteiger partial charge in [-0.2, -0.15) is 4.31 Å². The van der Waals surface area contributed by atoms with Gasteiger partial charge in [0.1, 0.15) is 19.0 Å². The van der Waals surface area contributed by atoms with Gasteiger partial charge in [0.2, 0.25) is 15.9 Å². The van der Waals surface area contributed by atoms with Crippen molar-refractivity contribution in [2.24, 2.45) is 5.92 Å². The Kier molecular flexibility index (Phi) is 7.09. The van der Waals surface area contributed by atoms with Crippen molar-refractivity contribution in [1.82, 2.24) is 9.21 Å². The number of benzene rings is 2. The third-order valence-corrected chi connectivity index (χ3v) is 8.09. The summed E-state index contributed by atoms with van der Waals surface area (Å²) in [4.78, 5) is 15.3. The van der Waals surface area contributed by atoms with Crippen molar-refractivity contribution in [2.75, 3.05) is 40.0 Å². The zero-order chi connectivity index (χ0) is 23.4. The Hall–Kier alpha value is -2.78. The van der Waals surface area contributed by atoms with E-state index >= 15 is 0 Å². The van der Waals surface area contributed by atoms with E-state index in [1.54, 1.807) is 31.4 Å². The first-order valence-corrected chi connectivity index (χ1v) is 12.7. The molecule has 8 nitrogen and oxygen atoms in total. The number of carbonyl (C=O) groups is 1. The van der Waals surface area contributed by atoms with Crippen molar-refractivity contribution in [3.8, 4) is 17.2 Å². The van der Waals surface area contributed by atoms with Crippen LogP contribution in [0.5, 0.6) is 17.2 Å². The van der Waals surface area contributed by atoms with E-state index in [-0.39, 0.29) is 16.7 Å². The normalized spacial score (nSPS) is 16.9. The number of carbonyl (C=O) groups excluding carboxylic acids is 1. The van der Waals surface area contributed by atoms with Crippen LogP contribution < -0.4 is 14.2 Å². The van der Waals surface area contributed by atoms with Crippen molar-refractivity contribution in [1.29, 1.82) is 0 Å². The Labute approximate surface area is 195 Å². The molecule has 1 saturated heterocycles. The van der Waals surface area contributed by atoms with E-state index < -0.39 is 10.0 Å². The molecule has 0 N–H and O–H groups in total. The van der Waals surface area contributed by atoms with E-state index in [1.165, 1.54) is 4.31 Å². The van der Waals surface area contributed by atoms with Crippen LogP contribution in [0.4, 0.5) is 0 Å². The van der Waals surface area contributed by atoms with E-state index in [1.807, 2.05) is 30.0 Å². The van der Waals surface area contributed by atoms with Gasteiger partial charge in [-0.15, -0.1) is 0 Å². The number of rotatable bonds is 7. The Morgan fingerprint density at radius 2 is 1.73 bits per heavy atom. The second-order valence-corrected chi connectivity index (χ2v) is 10.1. The monoisotopic (exact) mass is 474 g/mol. The molecule has 0 spiro atoms. The highest BCUT2D eigenvalue weighted by atomic mass is 32.2. The van der Waals surface area contributed by atoms with Crippen LogP contribution >= 0.6 is 0 Å². The van der Waals surface area contributed by atoms with E-state index in [9.17, 15) is 13.2 Å². The number of amides is 1. The molecule has 0 atom stereocenters. The Morgan fingerprint density at radius 3 is 2.36 bits per heavy atom. The van der Waals surface area contributed by atoms with E-state index in [0.717, 1.165) is 11.3 Å². The average Bonchev–Trinajstić information content (AvgIpc) is 2.87. The fraction of sp³-hybridized carbons (Fsp3) is 0.458. The lowest BCUT2D eigenvalue weighted by Crippen LogP contribution is -2.44. The number of nitrogens with zero attached hydrogens (tertiary/aromatic N) is 2. The van der Waals surface area contributed by atoms with Gasteiger partial charge in [-0.1, -0.05) is 6.07 Å². The minimum Gasteiger partial charge on any atom is -0.497 e. The molecule has 178 valence electrons. The first kappa shape index (κ1) is 23.4. The number of hydrogen-bond donors (Lipinski definition) is 0. The van der Waals surface area contributed by atoms with Gasteiger partial charge in [0.25, 0.3) is 0 Å². The van der Waals surface area contributed by atoms with Crippen LogP contribution in [-0.2, 0) is 21.4 Å². The van der Waals surface area contributed by atoms with Crippen molar-refractivity contribution >= 4 is 15.9 Å². The molecule has 1 fully saturated rings. The molecule has 0 saturated carbocycles. The molecular weight excluding hydrogens is 444 g/mol. The maximum absolute atomic E-state index is 13.2. The van der Waals surface area contributed by atoms with Crippen LogP contribution in [0.15, 0.2) is 47.4 Å². The fourth-order valence-electron chi connectivity index (χ4n) is 4.25. The summed E-state index contributed by atoms with van der Waals surface area (Å²) >= 11 is 0. The van der Waals surface area contributed by atoms with Crippen molar-refractivity contribution in [3.05, 3.63) is 48.0 Å². The van der Waals surface area contributed by atoms with E-state index in [0.29, 0.717) is 63.7 Å². The van der Waals surface area contributed by atoms with Gasteiger partial charge in [-0.25, -0.2) is 8.42 Å². The third kappa shape index (κ3) is 5.09. The average molecular weight is 475 g/mol. The van der Waals surface area contributed by atoms with Crippen LogP contribution in [0.2, 0.25) is 0 Å². The second kappa shape index (κ2) is 10.0. The van der Waals surface area contributed by atoms with E-state index in [4.69, 9.17) is 14.2 Å². The first-order chi connectivity index (χ1) is 15.9. The van der Waals surface area contributed by atoms with Gasteiger partial charge < -0.3 is 19.1 Å². The maximum atomic E-state index is 13.2. The summed E-state index contributed by atoms with van der Waals surface area (Å²) < 4.78 is 43.8. The lowest BCUT2D eigenvalue weighted by atomic mass is 9.96. The molecule has 0 unspecified atom stereocenters. The van der Waals surface area contributed by atoms with Gasteiger partial charge in [0, 0.05) is 32.1 Å². The molecule has 2 aliphatic heterocycles. The molecule has 4 rings (SSSR count). The van der Waals surface area contributed by atoms with Gasteiger partial charge in [-0.3, -0.25) is 4.79 Å². The van der Waals surface area contributed by atoms with Gasteiger partial charge in [-0.05, 0) is 61.7 Å². The number of fused-ring (bicyclic) bond motifs is 1. The predicted molar refractivity (Wildman–Crippen MR) is 123 cm³/mol. The molecular formula is C24H30N2O6S. The summed E-state index contributed by atoms with van der Waals surface area (Å²) in [5.41, 5.74) is 0.981. The summed E-state index contributed by atoms with van der Waals surface area (Å²) in [6.45, 7) is 4.73. The molecule has 9 heteroatoms. The largest absolute Gasteiger partial charge is 0.497 e. The van der Waals surface area contributed by atoms with Gasteiger partial charge in [0.05, 0.1) is 12.0 Å². The minimum absolute atomic E-state index is 0.0638. The van der Waals surface area contributed by atoms with Crippen LogP contribution in [0.25, 0.3) is 0 Å². The number of sulfonamides is 1. The summed E-state index contributed by atoms with van der Waals surface area (Å²) in [7, 11) is -2.05. The first-order valence-electron chi connectivity index (χ1n) is 11.2. The van der Waals surface area contributed by atoms with Gasteiger partial charge >= 0.3 is 0 Å². The molecule has 0 bridgehead atoms. The third-order valence-electron chi connectivity index (χ3n) is 6.17. The summed E-state index contributed by atoms with van der Waals surface area (Å²) in [6, 6.07) is 12.1. The maximum Gasteiger partial charge on any atom is 0.243 e. The van der Waals surface area contributed by atoms with Crippen molar-refractivity contribution in [2.45, 2.75) is 31.2 Å². The molecule has 1 amide bonds. The molecule has 2 aromatic rings.